The maximum atomic E-state index is 12.6. The van der Waals surface area contributed by atoms with Gasteiger partial charge < -0.3 is 9.84 Å². The fourth-order valence-corrected chi connectivity index (χ4v) is 3.67. The molecule has 1 heterocycles. The second-order valence-corrected chi connectivity index (χ2v) is 6.75. The van der Waals surface area contributed by atoms with Crippen LogP contribution >= 0.6 is 0 Å². The number of aromatic nitrogens is 2. The molecule has 8 heteroatoms. The number of carbonyl (C=O) groups excluding carboxylic acids is 1. The van der Waals surface area contributed by atoms with Gasteiger partial charge in [0.15, 0.2) is 0 Å². The number of halogens is 3. The first-order chi connectivity index (χ1) is 12.4. The minimum atomic E-state index is -4.41. The fourth-order valence-electron chi connectivity index (χ4n) is 3.67. The minimum absolute atomic E-state index is 0.0757. The van der Waals surface area contributed by atoms with Crippen molar-refractivity contribution in [3.05, 3.63) is 47.9 Å². The average Bonchev–Trinajstić information content (AvgIpc) is 3.35. The number of hydrogen-bond acceptors (Lipinski definition) is 4. The third-order valence-electron chi connectivity index (χ3n) is 5.03. The fraction of sp³-hybridized carbons (Fsp3) is 0.389. The largest absolute Gasteiger partial charge is 0.416 e. The number of amides is 1. The number of carbonyl (C=O) groups is 1. The first kappa shape index (κ1) is 16.8. The van der Waals surface area contributed by atoms with Crippen LogP contribution in [0.5, 0.6) is 0 Å². The third-order valence-corrected chi connectivity index (χ3v) is 5.03. The Morgan fingerprint density at radius 2 is 1.96 bits per heavy atom. The maximum absolute atomic E-state index is 12.6. The summed E-state index contributed by atoms with van der Waals surface area (Å²) in [6.45, 7) is 0.544. The highest BCUT2D eigenvalue weighted by atomic mass is 19.4. The Morgan fingerprint density at radius 1 is 1.19 bits per heavy atom. The SMILES string of the molecule is O=C(NC[C@H]1C[C@H]2C=C[C@H]1C2)c1nc(-c2ccc(C(F)(F)F)cc2)no1. The van der Waals surface area contributed by atoms with Gasteiger partial charge in [-0.2, -0.15) is 18.2 Å². The van der Waals surface area contributed by atoms with E-state index in [1.807, 2.05) is 0 Å². The third kappa shape index (κ3) is 3.23. The highest BCUT2D eigenvalue weighted by molar-refractivity contribution is 5.89. The Labute approximate surface area is 147 Å². The lowest BCUT2D eigenvalue weighted by molar-refractivity contribution is -0.137. The molecule has 2 aliphatic carbocycles. The molecule has 0 radical (unpaired) electrons. The first-order valence-corrected chi connectivity index (χ1v) is 8.38. The topological polar surface area (TPSA) is 68.0 Å². The highest BCUT2D eigenvalue weighted by Gasteiger charge is 2.35. The summed E-state index contributed by atoms with van der Waals surface area (Å²) >= 11 is 0. The van der Waals surface area contributed by atoms with Gasteiger partial charge in [0.05, 0.1) is 5.56 Å². The molecule has 4 rings (SSSR count). The van der Waals surface area contributed by atoms with E-state index in [-0.39, 0.29) is 11.7 Å². The van der Waals surface area contributed by atoms with Gasteiger partial charge in [0, 0.05) is 12.1 Å². The molecule has 0 aliphatic heterocycles. The van der Waals surface area contributed by atoms with Crippen LogP contribution in [0.4, 0.5) is 13.2 Å². The van der Waals surface area contributed by atoms with Gasteiger partial charge in [0.25, 0.3) is 0 Å². The van der Waals surface area contributed by atoms with E-state index in [2.05, 4.69) is 27.6 Å². The van der Waals surface area contributed by atoms with E-state index in [4.69, 9.17) is 4.52 Å². The summed E-state index contributed by atoms with van der Waals surface area (Å²) in [6.07, 6.45) is 2.26. The Morgan fingerprint density at radius 3 is 2.58 bits per heavy atom. The summed E-state index contributed by atoms with van der Waals surface area (Å²) in [5.41, 5.74) is -0.415. The number of hydrogen-bond donors (Lipinski definition) is 1. The molecule has 3 atom stereocenters. The van der Waals surface area contributed by atoms with Crippen LogP contribution in [0.25, 0.3) is 11.4 Å². The molecule has 1 fully saturated rings. The molecule has 136 valence electrons. The molecular formula is C18H16F3N3O2. The summed E-state index contributed by atoms with van der Waals surface area (Å²) in [6, 6.07) is 4.37. The van der Waals surface area contributed by atoms with Crippen LogP contribution in [0.2, 0.25) is 0 Å². The lowest BCUT2D eigenvalue weighted by Crippen LogP contribution is -2.31. The standard InChI is InChI=1S/C18H16F3N3O2/c19-18(20,21)14-5-3-11(4-6-14)15-23-17(26-24-15)16(25)22-9-13-8-10-1-2-12(13)7-10/h1-6,10,12-13H,7-9H2,(H,22,25)/t10-,12-,13+/m0/s1. The molecule has 0 unspecified atom stereocenters. The number of fused-ring (bicyclic) bond motifs is 2. The van der Waals surface area contributed by atoms with Crippen molar-refractivity contribution in [1.29, 1.82) is 0 Å². The van der Waals surface area contributed by atoms with Gasteiger partial charge in [-0.15, -0.1) is 0 Å². The second kappa shape index (κ2) is 6.26. The number of rotatable bonds is 4. The monoisotopic (exact) mass is 363 g/mol. The normalized spacial score (nSPS) is 24.2. The predicted molar refractivity (Wildman–Crippen MR) is 85.9 cm³/mol. The van der Waals surface area contributed by atoms with Crippen molar-refractivity contribution in [2.45, 2.75) is 19.0 Å². The molecule has 2 aliphatic rings. The van der Waals surface area contributed by atoms with Crippen LogP contribution in [-0.4, -0.2) is 22.6 Å². The Bertz CT molecular complexity index is 842. The molecule has 1 saturated carbocycles. The molecular weight excluding hydrogens is 347 g/mol. The number of alkyl halides is 3. The van der Waals surface area contributed by atoms with Crippen LogP contribution in [0, 0.1) is 17.8 Å². The Balaban J connectivity index is 1.39. The molecule has 0 saturated heterocycles. The summed E-state index contributed by atoms with van der Waals surface area (Å²) < 4.78 is 42.7. The van der Waals surface area contributed by atoms with Gasteiger partial charge in [-0.25, -0.2) is 0 Å². The maximum Gasteiger partial charge on any atom is 0.416 e. The summed E-state index contributed by atoms with van der Waals surface area (Å²) in [5.74, 6) is 0.973. The van der Waals surface area contributed by atoms with E-state index in [0.29, 0.717) is 29.9 Å². The van der Waals surface area contributed by atoms with Crippen molar-refractivity contribution in [2.24, 2.45) is 17.8 Å². The lowest BCUT2D eigenvalue weighted by Gasteiger charge is -2.17. The van der Waals surface area contributed by atoms with E-state index in [9.17, 15) is 18.0 Å². The Hall–Kier alpha value is -2.64. The van der Waals surface area contributed by atoms with Gasteiger partial charge in [-0.1, -0.05) is 29.4 Å². The summed E-state index contributed by atoms with van der Waals surface area (Å²) in [5, 5.41) is 6.48. The zero-order chi connectivity index (χ0) is 18.3. The van der Waals surface area contributed by atoms with E-state index in [1.54, 1.807) is 0 Å². The molecule has 2 aromatic rings. The summed E-state index contributed by atoms with van der Waals surface area (Å²) in [7, 11) is 0. The van der Waals surface area contributed by atoms with E-state index in [0.717, 1.165) is 25.0 Å². The van der Waals surface area contributed by atoms with Gasteiger partial charge in [-0.3, -0.25) is 4.79 Å². The highest BCUT2D eigenvalue weighted by Crippen LogP contribution is 2.42. The molecule has 1 N–H and O–H groups in total. The smallest absolute Gasteiger partial charge is 0.348 e. The number of allylic oxidation sites excluding steroid dienone is 2. The molecule has 26 heavy (non-hydrogen) atoms. The van der Waals surface area contributed by atoms with Crippen LogP contribution in [0.15, 0.2) is 40.9 Å². The minimum Gasteiger partial charge on any atom is -0.348 e. The molecule has 1 aromatic carbocycles. The van der Waals surface area contributed by atoms with Crippen molar-refractivity contribution in [3.63, 3.8) is 0 Å². The van der Waals surface area contributed by atoms with E-state index >= 15 is 0 Å². The molecule has 5 nitrogen and oxygen atoms in total. The van der Waals surface area contributed by atoms with E-state index in [1.165, 1.54) is 12.1 Å². The predicted octanol–water partition coefficient (Wildman–Crippen LogP) is 3.70. The quantitative estimate of drug-likeness (QED) is 0.841. The van der Waals surface area contributed by atoms with Crippen molar-refractivity contribution in [2.75, 3.05) is 6.54 Å². The summed E-state index contributed by atoms with van der Waals surface area (Å²) in [4.78, 5) is 16.1. The molecule has 0 spiro atoms. The zero-order valence-corrected chi connectivity index (χ0v) is 13.7. The van der Waals surface area contributed by atoms with Gasteiger partial charge in [-0.05, 0) is 42.7 Å². The van der Waals surface area contributed by atoms with Crippen LogP contribution in [-0.2, 0) is 6.18 Å². The number of nitrogens with one attached hydrogen (secondary N) is 1. The molecule has 2 bridgehead atoms. The number of nitrogens with zero attached hydrogens (tertiary/aromatic N) is 2. The van der Waals surface area contributed by atoms with Gasteiger partial charge in [0.1, 0.15) is 0 Å². The Kier molecular flexibility index (Phi) is 4.05. The average molecular weight is 363 g/mol. The van der Waals surface area contributed by atoms with Crippen LogP contribution in [0.1, 0.15) is 29.1 Å². The lowest BCUT2D eigenvalue weighted by atomic mass is 9.94. The number of benzene rings is 1. The van der Waals surface area contributed by atoms with Crippen molar-refractivity contribution in [1.82, 2.24) is 15.5 Å². The van der Waals surface area contributed by atoms with Crippen LogP contribution in [0.3, 0.4) is 0 Å². The van der Waals surface area contributed by atoms with Crippen LogP contribution < -0.4 is 5.32 Å². The van der Waals surface area contributed by atoms with Crippen molar-refractivity contribution >= 4 is 5.91 Å². The second-order valence-electron chi connectivity index (χ2n) is 6.75. The zero-order valence-electron chi connectivity index (χ0n) is 13.7. The van der Waals surface area contributed by atoms with Gasteiger partial charge in [0.2, 0.25) is 5.82 Å². The molecule has 1 amide bonds. The molecule has 1 aromatic heterocycles. The van der Waals surface area contributed by atoms with E-state index < -0.39 is 17.6 Å². The van der Waals surface area contributed by atoms with Crippen molar-refractivity contribution in [3.8, 4) is 11.4 Å². The van der Waals surface area contributed by atoms with Gasteiger partial charge >= 0.3 is 18.0 Å². The first-order valence-electron chi connectivity index (χ1n) is 8.38. The van der Waals surface area contributed by atoms with Crippen molar-refractivity contribution < 1.29 is 22.5 Å².